The number of aromatic nitrogens is 1. The number of hydrogen-bond donors (Lipinski definition) is 1. The molecule has 21 heavy (non-hydrogen) atoms. The van der Waals surface area contributed by atoms with Gasteiger partial charge in [0.25, 0.3) is 5.91 Å². The van der Waals surface area contributed by atoms with Crippen molar-refractivity contribution < 1.29 is 18.7 Å². The fourth-order valence-corrected chi connectivity index (χ4v) is 1.99. The van der Waals surface area contributed by atoms with Gasteiger partial charge < -0.3 is 15.0 Å². The van der Waals surface area contributed by atoms with Gasteiger partial charge in [-0.3, -0.25) is 9.59 Å². The predicted octanol–water partition coefficient (Wildman–Crippen LogP) is 0.443. The highest BCUT2D eigenvalue weighted by molar-refractivity contribution is 5.93. The van der Waals surface area contributed by atoms with Gasteiger partial charge in [-0.25, -0.2) is 9.37 Å². The fourth-order valence-electron chi connectivity index (χ4n) is 1.99. The number of halogens is 1. The van der Waals surface area contributed by atoms with E-state index in [-0.39, 0.29) is 25.5 Å². The number of carbonyl (C=O) groups excluding carboxylic acids is 2. The van der Waals surface area contributed by atoms with Crippen LogP contribution in [0.5, 0.6) is 5.88 Å². The number of methoxy groups -OCH3 is 1. The van der Waals surface area contributed by atoms with Gasteiger partial charge in [0, 0.05) is 6.07 Å². The second-order valence-electron chi connectivity index (χ2n) is 4.72. The molecule has 1 saturated heterocycles. The van der Waals surface area contributed by atoms with Crippen molar-refractivity contribution in [3.63, 3.8) is 0 Å². The second kappa shape index (κ2) is 5.90. The van der Waals surface area contributed by atoms with Gasteiger partial charge in [-0.15, -0.1) is 0 Å². The zero-order valence-corrected chi connectivity index (χ0v) is 11.6. The minimum Gasteiger partial charge on any atom is -0.481 e. The molecule has 0 saturated carbocycles. The zero-order chi connectivity index (χ0) is 15.5. The number of carbonyl (C=O) groups is 2. The second-order valence-corrected chi connectivity index (χ2v) is 4.72. The molecule has 2 amide bonds. The lowest BCUT2D eigenvalue weighted by Gasteiger charge is -2.42. The maximum Gasteiger partial charge on any atom is 0.261 e. The van der Waals surface area contributed by atoms with E-state index in [1.54, 1.807) is 18.2 Å². The number of rotatable bonds is 5. The van der Waals surface area contributed by atoms with Crippen molar-refractivity contribution in [1.82, 2.24) is 15.2 Å². The third kappa shape index (κ3) is 3.18. The van der Waals surface area contributed by atoms with Gasteiger partial charge >= 0.3 is 0 Å². The topological polar surface area (TPSA) is 71.5 Å². The molecule has 6 nitrogen and oxygen atoms in total. The van der Waals surface area contributed by atoms with Crippen molar-refractivity contribution in [2.45, 2.75) is 12.2 Å². The van der Waals surface area contributed by atoms with Crippen molar-refractivity contribution in [3.05, 3.63) is 36.5 Å². The summed E-state index contributed by atoms with van der Waals surface area (Å²) in [6.45, 7) is 2.90. The average Bonchev–Trinajstić information content (AvgIpc) is 2.48. The van der Waals surface area contributed by atoms with Gasteiger partial charge in [0.15, 0.2) is 0 Å². The van der Waals surface area contributed by atoms with Crippen LogP contribution in [0.4, 0.5) is 4.39 Å². The third-order valence-corrected chi connectivity index (χ3v) is 3.20. The Hall–Kier alpha value is -2.44. The van der Waals surface area contributed by atoms with Crippen LogP contribution in [0.15, 0.2) is 30.9 Å². The van der Waals surface area contributed by atoms with Crippen molar-refractivity contribution in [2.24, 2.45) is 0 Å². The lowest BCUT2D eigenvalue weighted by Crippen LogP contribution is -2.67. The van der Waals surface area contributed by atoms with E-state index < -0.39 is 11.6 Å². The summed E-state index contributed by atoms with van der Waals surface area (Å²) in [5.41, 5.74) is -1.48. The molecule has 1 aromatic rings. The summed E-state index contributed by atoms with van der Waals surface area (Å²) in [4.78, 5) is 28.4. The monoisotopic (exact) mass is 293 g/mol. The van der Waals surface area contributed by atoms with Crippen LogP contribution in [0.25, 0.3) is 0 Å². The van der Waals surface area contributed by atoms with E-state index in [1.165, 1.54) is 12.0 Å². The van der Waals surface area contributed by atoms with Crippen LogP contribution in [0.3, 0.4) is 0 Å². The minimum atomic E-state index is -2.04. The molecule has 1 aliphatic rings. The molecule has 1 aliphatic heterocycles. The highest BCUT2D eigenvalue weighted by Crippen LogP contribution is 2.26. The maximum atomic E-state index is 14.2. The first-order chi connectivity index (χ1) is 9.98. The highest BCUT2D eigenvalue weighted by Gasteiger charge is 2.51. The molecular formula is C14H16FN3O3. The first-order valence-corrected chi connectivity index (χ1v) is 6.37. The number of ether oxygens (including phenoxy) is 1. The van der Waals surface area contributed by atoms with Crippen molar-refractivity contribution >= 4 is 11.8 Å². The lowest BCUT2D eigenvalue weighted by atomic mass is 9.95. The van der Waals surface area contributed by atoms with Crippen molar-refractivity contribution in [1.29, 1.82) is 0 Å². The van der Waals surface area contributed by atoms with Crippen LogP contribution < -0.4 is 10.1 Å². The number of hydrogen-bond acceptors (Lipinski definition) is 4. The Morgan fingerprint density at radius 1 is 1.57 bits per heavy atom. The van der Waals surface area contributed by atoms with E-state index in [1.807, 2.05) is 0 Å². The normalized spacial score (nSPS) is 15.8. The Morgan fingerprint density at radius 2 is 2.29 bits per heavy atom. The van der Waals surface area contributed by atoms with E-state index >= 15 is 0 Å². The summed E-state index contributed by atoms with van der Waals surface area (Å²) >= 11 is 0. The van der Waals surface area contributed by atoms with Gasteiger partial charge in [-0.2, -0.15) is 0 Å². The molecule has 0 spiro atoms. The van der Waals surface area contributed by atoms with Gasteiger partial charge in [-0.1, -0.05) is 12.6 Å². The van der Waals surface area contributed by atoms with Crippen molar-refractivity contribution in [2.75, 3.05) is 20.2 Å². The van der Waals surface area contributed by atoms with Crippen LogP contribution in [-0.2, 0) is 16.1 Å². The fraction of sp³-hybridized carbons (Fsp3) is 0.357. The quantitative estimate of drug-likeness (QED) is 0.800. The standard InChI is InChI=1S/C14H16FN3O3/c1-3-12(19)18-8-14(15,9-18)13(20)16-7-10-5-4-6-11(17-10)21-2/h3-6H,1,7-9H2,2H3,(H,16,20). The largest absolute Gasteiger partial charge is 0.481 e. The Labute approximate surface area is 121 Å². The third-order valence-electron chi connectivity index (χ3n) is 3.20. The molecular weight excluding hydrogens is 277 g/mol. The van der Waals surface area contributed by atoms with E-state index in [0.29, 0.717) is 11.6 Å². The number of pyridine rings is 1. The Balaban J connectivity index is 1.88. The van der Waals surface area contributed by atoms with Gasteiger partial charge in [-0.05, 0) is 12.1 Å². The molecule has 2 heterocycles. The van der Waals surface area contributed by atoms with E-state index in [2.05, 4.69) is 16.9 Å². The number of nitrogens with one attached hydrogen (secondary N) is 1. The summed E-state index contributed by atoms with van der Waals surface area (Å²) in [7, 11) is 1.49. The zero-order valence-electron chi connectivity index (χ0n) is 11.6. The maximum absolute atomic E-state index is 14.2. The molecule has 1 fully saturated rings. The van der Waals surface area contributed by atoms with Gasteiger partial charge in [0.2, 0.25) is 17.5 Å². The van der Waals surface area contributed by atoms with Crippen LogP contribution in [0, 0.1) is 0 Å². The molecule has 1 aromatic heterocycles. The molecule has 0 unspecified atom stereocenters. The molecule has 0 atom stereocenters. The van der Waals surface area contributed by atoms with Crippen LogP contribution in [0.2, 0.25) is 0 Å². The first kappa shape index (κ1) is 15.0. The number of nitrogens with zero attached hydrogens (tertiary/aromatic N) is 2. The highest BCUT2D eigenvalue weighted by atomic mass is 19.1. The smallest absolute Gasteiger partial charge is 0.261 e. The molecule has 2 rings (SSSR count). The molecule has 1 N–H and O–H groups in total. The summed E-state index contributed by atoms with van der Waals surface area (Å²) in [6, 6.07) is 5.10. The summed E-state index contributed by atoms with van der Waals surface area (Å²) in [5.74, 6) is -0.714. The van der Waals surface area contributed by atoms with Gasteiger partial charge in [0.05, 0.1) is 32.4 Å². The number of alkyl halides is 1. The molecule has 0 bridgehead atoms. The molecule has 112 valence electrons. The summed E-state index contributed by atoms with van der Waals surface area (Å²) in [6.07, 6.45) is 1.09. The molecule has 0 radical (unpaired) electrons. The lowest BCUT2D eigenvalue weighted by molar-refractivity contribution is -0.153. The average molecular weight is 293 g/mol. The van der Waals surface area contributed by atoms with Crippen LogP contribution in [-0.4, -0.2) is 47.6 Å². The van der Waals surface area contributed by atoms with Crippen LogP contribution >= 0.6 is 0 Å². The number of likely N-dealkylation sites (tertiary alicyclic amines) is 1. The molecule has 0 aliphatic carbocycles. The summed E-state index contributed by atoms with van der Waals surface area (Å²) < 4.78 is 19.2. The first-order valence-electron chi connectivity index (χ1n) is 6.37. The molecule has 0 aromatic carbocycles. The van der Waals surface area contributed by atoms with E-state index in [0.717, 1.165) is 6.08 Å². The van der Waals surface area contributed by atoms with E-state index in [4.69, 9.17) is 4.74 Å². The van der Waals surface area contributed by atoms with Crippen LogP contribution in [0.1, 0.15) is 5.69 Å². The van der Waals surface area contributed by atoms with E-state index in [9.17, 15) is 14.0 Å². The van der Waals surface area contributed by atoms with Gasteiger partial charge in [0.1, 0.15) is 0 Å². The van der Waals surface area contributed by atoms with Crippen molar-refractivity contribution in [3.8, 4) is 5.88 Å². The Bertz CT molecular complexity index is 570. The number of amides is 2. The summed E-state index contributed by atoms with van der Waals surface area (Å²) in [5, 5.41) is 2.47. The Morgan fingerprint density at radius 3 is 2.90 bits per heavy atom. The SMILES string of the molecule is C=CC(=O)N1CC(F)(C(=O)NCc2cccc(OC)n2)C1. The predicted molar refractivity (Wildman–Crippen MR) is 73.3 cm³/mol. The molecule has 7 heteroatoms. The Kier molecular flexibility index (Phi) is 4.21. The minimum absolute atomic E-state index is 0.0944.